The smallest absolute Gasteiger partial charge is 0.316 e. The van der Waals surface area contributed by atoms with E-state index >= 15 is 0 Å². The van der Waals surface area contributed by atoms with E-state index in [9.17, 15) is 19.1 Å². The minimum atomic E-state index is -1.17. The highest BCUT2D eigenvalue weighted by atomic mass is 19.1. The quantitative estimate of drug-likeness (QED) is 0.465. The standard InChI is InChI=1S/C26H32FNO4/c1-3-32-25(30)24(21-7-4-6-19(2)18-21)26(31)13-16-28(17-14-26)15-5-8-23(29)20-9-11-22(27)12-10-20/h4,6-7,9-12,18,24,31H,3,5,8,13-17H2,1-2H3. The lowest BCUT2D eigenvalue weighted by atomic mass is 9.75. The van der Waals surface area contributed by atoms with Crippen molar-refractivity contribution in [1.29, 1.82) is 0 Å². The molecule has 0 saturated carbocycles. The summed E-state index contributed by atoms with van der Waals surface area (Å²) >= 11 is 0. The number of aryl methyl sites for hydroxylation is 1. The van der Waals surface area contributed by atoms with Gasteiger partial charge in [-0.2, -0.15) is 0 Å². The summed E-state index contributed by atoms with van der Waals surface area (Å²) in [5, 5.41) is 11.5. The lowest BCUT2D eigenvalue weighted by Crippen LogP contribution is -2.50. The summed E-state index contributed by atoms with van der Waals surface area (Å²) in [5.41, 5.74) is 1.17. The van der Waals surface area contributed by atoms with E-state index in [-0.39, 0.29) is 24.2 Å². The predicted octanol–water partition coefficient (Wildman–Crippen LogP) is 4.27. The van der Waals surface area contributed by atoms with Gasteiger partial charge in [-0.15, -0.1) is 0 Å². The fraction of sp³-hybridized carbons (Fsp3) is 0.462. The van der Waals surface area contributed by atoms with Gasteiger partial charge in [0.1, 0.15) is 11.7 Å². The van der Waals surface area contributed by atoms with Crippen LogP contribution in [0.2, 0.25) is 0 Å². The number of esters is 1. The largest absolute Gasteiger partial charge is 0.465 e. The molecule has 1 N–H and O–H groups in total. The van der Waals surface area contributed by atoms with Crippen molar-refractivity contribution in [3.63, 3.8) is 0 Å². The minimum absolute atomic E-state index is 0.000312. The lowest BCUT2D eigenvalue weighted by molar-refractivity contribution is -0.155. The Morgan fingerprint density at radius 1 is 1.16 bits per heavy atom. The number of likely N-dealkylation sites (tertiary alicyclic amines) is 1. The third-order valence-corrected chi connectivity index (χ3v) is 6.20. The first-order valence-corrected chi connectivity index (χ1v) is 11.3. The lowest BCUT2D eigenvalue weighted by Gasteiger charge is -2.42. The van der Waals surface area contributed by atoms with E-state index in [2.05, 4.69) is 4.90 Å². The van der Waals surface area contributed by atoms with Crippen LogP contribution in [0.5, 0.6) is 0 Å². The number of benzene rings is 2. The van der Waals surface area contributed by atoms with Crippen molar-refractivity contribution < 1.29 is 23.8 Å². The number of nitrogens with zero attached hydrogens (tertiary/aromatic N) is 1. The van der Waals surface area contributed by atoms with Crippen LogP contribution in [0.1, 0.15) is 60.0 Å². The molecule has 172 valence electrons. The average Bonchev–Trinajstić information content (AvgIpc) is 2.76. The Morgan fingerprint density at radius 3 is 2.47 bits per heavy atom. The average molecular weight is 442 g/mol. The number of hydrogen-bond donors (Lipinski definition) is 1. The fourth-order valence-corrected chi connectivity index (χ4v) is 4.44. The van der Waals surface area contributed by atoms with E-state index < -0.39 is 11.5 Å². The monoisotopic (exact) mass is 441 g/mol. The van der Waals surface area contributed by atoms with Crippen molar-refractivity contribution in [3.8, 4) is 0 Å². The zero-order valence-electron chi connectivity index (χ0n) is 18.9. The topological polar surface area (TPSA) is 66.8 Å². The van der Waals surface area contributed by atoms with Crippen LogP contribution >= 0.6 is 0 Å². The second kappa shape index (κ2) is 10.8. The molecule has 1 aliphatic rings. The van der Waals surface area contributed by atoms with Gasteiger partial charge in [-0.25, -0.2) is 4.39 Å². The molecule has 32 heavy (non-hydrogen) atoms. The molecule has 1 saturated heterocycles. The van der Waals surface area contributed by atoms with Gasteiger partial charge in [0.2, 0.25) is 0 Å². The van der Waals surface area contributed by atoms with Crippen molar-refractivity contribution in [2.24, 2.45) is 0 Å². The van der Waals surface area contributed by atoms with Gasteiger partial charge in [0.15, 0.2) is 5.78 Å². The Bertz CT molecular complexity index is 920. The summed E-state index contributed by atoms with van der Waals surface area (Å²) in [4.78, 5) is 27.3. The summed E-state index contributed by atoms with van der Waals surface area (Å²) in [6.07, 6.45) is 1.99. The predicted molar refractivity (Wildman–Crippen MR) is 121 cm³/mol. The van der Waals surface area contributed by atoms with Crippen LogP contribution in [-0.2, 0) is 9.53 Å². The van der Waals surface area contributed by atoms with Crippen LogP contribution in [0, 0.1) is 12.7 Å². The van der Waals surface area contributed by atoms with Gasteiger partial charge < -0.3 is 14.7 Å². The van der Waals surface area contributed by atoms with Gasteiger partial charge in [-0.05, 0) is 69.5 Å². The minimum Gasteiger partial charge on any atom is -0.465 e. The van der Waals surface area contributed by atoms with E-state index in [1.807, 2.05) is 31.2 Å². The van der Waals surface area contributed by atoms with Crippen LogP contribution in [0.25, 0.3) is 0 Å². The van der Waals surface area contributed by atoms with Crippen LogP contribution in [-0.4, -0.2) is 53.6 Å². The SMILES string of the molecule is CCOC(=O)C(c1cccc(C)c1)C1(O)CCN(CCCC(=O)c2ccc(F)cc2)CC1. The third-order valence-electron chi connectivity index (χ3n) is 6.20. The Morgan fingerprint density at radius 2 is 1.84 bits per heavy atom. The Kier molecular flexibility index (Phi) is 8.15. The van der Waals surface area contributed by atoms with Crippen molar-refractivity contribution in [3.05, 3.63) is 71.0 Å². The molecule has 0 spiro atoms. The zero-order chi connectivity index (χ0) is 23.1. The van der Waals surface area contributed by atoms with E-state index in [1.165, 1.54) is 24.3 Å². The maximum absolute atomic E-state index is 13.0. The molecule has 2 aromatic carbocycles. The number of ether oxygens (including phenoxy) is 1. The maximum atomic E-state index is 13.0. The molecule has 0 aromatic heterocycles. The van der Waals surface area contributed by atoms with Gasteiger partial charge in [-0.3, -0.25) is 9.59 Å². The van der Waals surface area contributed by atoms with Crippen LogP contribution in [0.4, 0.5) is 4.39 Å². The fourth-order valence-electron chi connectivity index (χ4n) is 4.44. The maximum Gasteiger partial charge on any atom is 0.316 e. The molecule has 0 aliphatic carbocycles. The summed E-state index contributed by atoms with van der Waals surface area (Å²) < 4.78 is 18.3. The van der Waals surface area contributed by atoms with Crippen LogP contribution in [0.15, 0.2) is 48.5 Å². The molecule has 6 heteroatoms. The first kappa shape index (κ1) is 24.1. The molecule has 1 heterocycles. The number of rotatable bonds is 9. The highest BCUT2D eigenvalue weighted by molar-refractivity contribution is 5.95. The van der Waals surface area contributed by atoms with Crippen molar-refractivity contribution in [1.82, 2.24) is 4.90 Å². The number of carbonyl (C=O) groups is 2. The van der Waals surface area contributed by atoms with Gasteiger partial charge >= 0.3 is 5.97 Å². The summed E-state index contributed by atoms with van der Waals surface area (Å²) in [6.45, 7) is 6.02. The Balaban J connectivity index is 1.57. The van der Waals surface area contributed by atoms with Crippen molar-refractivity contribution in [2.75, 3.05) is 26.2 Å². The van der Waals surface area contributed by atoms with Gasteiger partial charge in [0, 0.05) is 25.1 Å². The zero-order valence-corrected chi connectivity index (χ0v) is 18.9. The Labute approximate surface area is 189 Å². The third kappa shape index (κ3) is 6.02. The molecule has 0 amide bonds. The molecular formula is C26H32FNO4. The summed E-state index contributed by atoms with van der Waals surface area (Å²) in [5.74, 6) is -1.46. The number of Topliss-reactive ketones (excluding diaryl/α,β-unsaturated/α-hetero) is 1. The van der Waals surface area contributed by atoms with Gasteiger partial charge in [0.25, 0.3) is 0 Å². The van der Waals surface area contributed by atoms with E-state index in [4.69, 9.17) is 4.74 Å². The number of carbonyl (C=O) groups excluding carboxylic acids is 2. The second-order valence-electron chi connectivity index (χ2n) is 8.58. The normalized spacial score (nSPS) is 17.0. The van der Waals surface area contributed by atoms with Crippen molar-refractivity contribution >= 4 is 11.8 Å². The van der Waals surface area contributed by atoms with Crippen LogP contribution in [0.3, 0.4) is 0 Å². The number of piperidine rings is 1. The molecule has 1 fully saturated rings. The molecule has 0 bridgehead atoms. The number of halogens is 1. The highest BCUT2D eigenvalue weighted by Gasteiger charge is 2.45. The number of aliphatic hydroxyl groups is 1. The molecule has 1 unspecified atom stereocenters. The molecule has 1 aliphatic heterocycles. The van der Waals surface area contributed by atoms with E-state index in [1.54, 1.807) is 6.92 Å². The molecule has 5 nitrogen and oxygen atoms in total. The second-order valence-corrected chi connectivity index (χ2v) is 8.58. The highest BCUT2D eigenvalue weighted by Crippen LogP contribution is 2.38. The first-order valence-electron chi connectivity index (χ1n) is 11.3. The summed E-state index contributed by atoms with van der Waals surface area (Å²) in [6, 6.07) is 13.3. The van der Waals surface area contributed by atoms with Gasteiger partial charge in [0.05, 0.1) is 12.2 Å². The number of hydrogen-bond acceptors (Lipinski definition) is 5. The molecule has 0 radical (unpaired) electrons. The Hall–Kier alpha value is -2.57. The first-order chi connectivity index (χ1) is 15.3. The van der Waals surface area contributed by atoms with E-state index in [0.717, 1.165) is 17.7 Å². The molecule has 1 atom stereocenters. The van der Waals surface area contributed by atoms with Gasteiger partial charge in [-0.1, -0.05) is 29.8 Å². The molecular weight excluding hydrogens is 409 g/mol. The molecule has 3 rings (SSSR count). The molecule has 2 aromatic rings. The number of ketones is 1. The summed E-state index contributed by atoms with van der Waals surface area (Å²) in [7, 11) is 0. The van der Waals surface area contributed by atoms with Crippen LogP contribution < -0.4 is 0 Å². The van der Waals surface area contributed by atoms with Crippen molar-refractivity contribution in [2.45, 2.75) is 51.0 Å². The van der Waals surface area contributed by atoms with E-state index in [0.29, 0.717) is 44.3 Å².